The smallest absolute Gasteiger partial charge is 0.319 e. The highest BCUT2D eigenvalue weighted by atomic mass is 19.1. The van der Waals surface area contributed by atoms with Crippen LogP contribution in [0.1, 0.15) is 52.0 Å². The Bertz CT molecular complexity index is 2080. The molecule has 0 radical (unpaired) electrons. The van der Waals surface area contributed by atoms with Gasteiger partial charge in [-0.25, -0.2) is 13.8 Å². The molecule has 11 nitrogen and oxygen atoms in total. The maximum atomic E-state index is 17.3. The molecule has 2 aromatic carbocycles. The summed E-state index contributed by atoms with van der Waals surface area (Å²) in [6.07, 6.45) is 9.36. The first-order valence-electron chi connectivity index (χ1n) is 17.6. The van der Waals surface area contributed by atoms with E-state index in [1.807, 2.05) is 13.8 Å². The summed E-state index contributed by atoms with van der Waals surface area (Å²) in [5.41, 5.74) is -2.98. The Kier molecular flexibility index (Phi) is 9.18. The van der Waals surface area contributed by atoms with Crippen LogP contribution in [0.15, 0.2) is 24.3 Å². The van der Waals surface area contributed by atoms with Crippen molar-refractivity contribution in [3.63, 3.8) is 0 Å². The average molecular weight is 718 g/mol. The van der Waals surface area contributed by atoms with Crippen molar-refractivity contribution >= 4 is 27.5 Å². The lowest BCUT2D eigenvalue weighted by molar-refractivity contribution is -0.0838. The van der Waals surface area contributed by atoms with Crippen LogP contribution in [0.2, 0.25) is 0 Å². The molecular weight excluding hydrogens is 672 g/mol. The summed E-state index contributed by atoms with van der Waals surface area (Å²) in [4.78, 5) is 18.1. The molecule has 1 unspecified atom stereocenters. The van der Waals surface area contributed by atoms with Gasteiger partial charge in [-0.1, -0.05) is 18.4 Å². The van der Waals surface area contributed by atoms with E-state index in [1.165, 1.54) is 31.4 Å². The van der Waals surface area contributed by atoms with Gasteiger partial charge in [-0.15, -0.1) is 6.42 Å². The van der Waals surface area contributed by atoms with E-state index in [2.05, 4.69) is 27.8 Å². The zero-order chi connectivity index (χ0) is 37.2. The number of aromatic nitrogens is 3. The highest BCUT2D eigenvalue weighted by molar-refractivity contribution is 6.04. The molecule has 2 aromatic heterocycles. The second kappa shape index (κ2) is 13.3. The van der Waals surface area contributed by atoms with Crippen molar-refractivity contribution in [3.8, 4) is 41.2 Å². The van der Waals surface area contributed by atoms with Crippen LogP contribution in [0, 0.1) is 35.3 Å². The molecule has 1 aliphatic carbocycles. The monoisotopic (exact) mass is 717 g/mol. The Morgan fingerprint density at radius 1 is 1.17 bits per heavy atom. The van der Waals surface area contributed by atoms with Crippen LogP contribution < -0.4 is 14.4 Å². The molecule has 0 spiro atoms. The second-order valence-corrected chi connectivity index (χ2v) is 15.5. The predicted octanol–water partition coefficient (Wildman–Crippen LogP) is 5.05. The molecule has 52 heavy (non-hydrogen) atoms. The van der Waals surface area contributed by atoms with Crippen LogP contribution in [0.3, 0.4) is 0 Å². The number of hydrogen-bond donors (Lipinski definition) is 3. The van der Waals surface area contributed by atoms with Gasteiger partial charge in [0.05, 0.1) is 44.6 Å². The number of hydrogen-bond acceptors (Lipinski definition) is 11. The number of ether oxygens (including phenoxy) is 3. The first-order valence-corrected chi connectivity index (χ1v) is 17.6. The Morgan fingerprint density at radius 2 is 1.96 bits per heavy atom. The molecular formula is C39H45F2N5O6. The number of fused-ring (bicyclic) bond motifs is 3. The van der Waals surface area contributed by atoms with Crippen LogP contribution in [0.5, 0.6) is 17.6 Å². The third kappa shape index (κ3) is 6.36. The number of methoxy groups -OCH3 is 1. The Balaban J connectivity index is 1.42. The molecule has 276 valence electrons. The predicted molar refractivity (Wildman–Crippen MR) is 193 cm³/mol. The molecule has 2 aliphatic heterocycles. The first-order chi connectivity index (χ1) is 24.6. The zero-order valence-electron chi connectivity index (χ0n) is 30.2. The van der Waals surface area contributed by atoms with Gasteiger partial charge in [0.1, 0.15) is 39.6 Å². The van der Waals surface area contributed by atoms with Crippen LogP contribution >= 0.6 is 0 Å². The van der Waals surface area contributed by atoms with Gasteiger partial charge in [0, 0.05) is 41.4 Å². The quantitative estimate of drug-likeness (QED) is 0.222. The largest absolute Gasteiger partial charge is 0.508 e. The fourth-order valence-corrected chi connectivity index (χ4v) is 8.64. The summed E-state index contributed by atoms with van der Waals surface area (Å²) in [6, 6.07) is 5.47. The van der Waals surface area contributed by atoms with Gasteiger partial charge in [0.15, 0.2) is 5.82 Å². The minimum atomic E-state index is -1.26. The third-order valence-corrected chi connectivity index (χ3v) is 11.1. The van der Waals surface area contributed by atoms with Gasteiger partial charge >= 0.3 is 6.01 Å². The van der Waals surface area contributed by atoms with Gasteiger partial charge in [-0.05, 0) is 70.7 Å². The molecule has 7 rings (SSSR count). The number of terminal acetylenes is 1. The second-order valence-electron chi connectivity index (χ2n) is 15.5. The minimum Gasteiger partial charge on any atom is -0.508 e. The maximum absolute atomic E-state index is 17.3. The van der Waals surface area contributed by atoms with E-state index >= 15 is 8.78 Å². The van der Waals surface area contributed by atoms with E-state index in [0.29, 0.717) is 11.9 Å². The van der Waals surface area contributed by atoms with E-state index in [4.69, 9.17) is 25.6 Å². The number of piperidine rings is 1. The number of phenolic OH excluding ortho intramolecular Hbond substituents is 1. The maximum Gasteiger partial charge on any atom is 0.319 e. The number of pyridine rings is 1. The molecule has 3 aliphatic rings. The highest BCUT2D eigenvalue weighted by Crippen LogP contribution is 2.51. The summed E-state index contributed by atoms with van der Waals surface area (Å²) in [5.74, 6) is 0.782. The lowest BCUT2D eigenvalue weighted by Crippen LogP contribution is -2.57. The number of aromatic hydroxyl groups is 1. The first kappa shape index (κ1) is 36.0. The Morgan fingerprint density at radius 3 is 2.69 bits per heavy atom. The van der Waals surface area contributed by atoms with Crippen LogP contribution in [0.25, 0.3) is 32.9 Å². The lowest BCUT2D eigenvalue weighted by Gasteiger charge is -2.50. The molecule has 0 bridgehead atoms. The standard InChI is InChI=1S/C39H45F2N5O6/c1-7-25-27(40)11-10-22-15-24(47)16-26(29(22)25)32-31(41)33-30(35(42-32)50-6)34(46-13-14-51-20-38(4,49)19-46)44-36(43-33)52-21-39-12-8-9-28(39)45(5)18-23(17-39)37(2,3)48/h1,10-11,15-16,23,28,47-49H,8-9,12-14,17-21H2,2-6H3/t23?,28-,38+,39-/m1/s1. The van der Waals surface area contributed by atoms with E-state index in [0.717, 1.165) is 32.2 Å². The molecule has 2 saturated heterocycles. The van der Waals surface area contributed by atoms with Crippen molar-refractivity contribution in [1.82, 2.24) is 19.9 Å². The third-order valence-electron chi connectivity index (χ3n) is 11.1. The molecule has 4 atom stereocenters. The number of aliphatic hydroxyl groups is 2. The van der Waals surface area contributed by atoms with Crippen LogP contribution in [0.4, 0.5) is 14.6 Å². The normalized spacial score (nSPS) is 25.6. The van der Waals surface area contributed by atoms with E-state index < -0.39 is 22.8 Å². The van der Waals surface area contributed by atoms with Crippen molar-refractivity contribution in [3.05, 3.63) is 41.5 Å². The number of phenols is 1. The number of nitrogens with zero attached hydrogens (tertiary/aromatic N) is 5. The summed E-state index contributed by atoms with van der Waals surface area (Å²) in [5, 5.41) is 33.6. The van der Waals surface area contributed by atoms with Gasteiger partial charge in [-0.3, -0.25) is 0 Å². The fraction of sp³-hybridized carbons (Fsp3) is 0.513. The SMILES string of the molecule is C#Cc1c(F)ccc2cc(O)cc(-c3nc(OC)c4c(N5CCOC[C@@](C)(O)C5)nc(OC[C@]56CCC[C@H]5N(C)CC(C(C)(C)O)C6)nc4c3F)c12. The van der Waals surface area contributed by atoms with Gasteiger partial charge in [0.25, 0.3) is 0 Å². The number of benzene rings is 2. The minimum absolute atomic E-state index is 0.00746. The molecule has 1 saturated carbocycles. The summed E-state index contributed by atoms with van der Waals surface area (Å²) in [7, 11) is 3.46. The number of β-amino-alcohol motifs (C(OH)–C–C–N with tert-alkyl or cyclic N) is 1. The molecule has 3 fully saturated rings. The fourth-order valence-electron chi connectivity index (χ4n) is 8.64. The number of likely N-dealkylation sites (tertiary alicyclic amines) is 1. The summed E-state index contributed by atoms with van der Waals surface area (Å²) >= 11 is 0. The van der Waals surface area contributed by atoms with E-state index in [9.17, 15) is 15.3 Å². The number of rotatable bonds is 7. The molecule has 4 heterocycles. The molecule has 0 amide bonds. The zero-order valence-corrected chi connectivity index (χ0v) is 30.2. The van der Waals surface area contributed by atoms with E-state index in [1.54, 1.807) is 11.8 Å². The van der Waals surface area contributed by atoms with Crippen molar-refractivity contribution in [2.24, 2.45) is 11.3 Å². The van der Waals surface area contributed by atoms with Crippen molar-refractivity contribution in [1.29, 1.82) is 0 Å². The van der Waals surface area contributed by atoms with Gasteiger partial charge in [-0.2, -0.15) is 9.97 Å². The number of halogens is 2. The Hall–Kier alpha value is -4.35. The van der Waals surface area contributed by atoms with Crippen molar-refractivity contribution in [2.75, 3.05) is 58.5 Å². The molecule has 3 N–H and O–H groups in total. The van der Waals surface area contributed by atoms with Crippen LogP contribution in [-0.4, -0.2) is 106 Å². The average Bonchev–Trinajstić information content (AvgIpc) is 3.44. The van der Waals surface area contributed by atoms with Crippen LogP contribution in [-0.2, 0) is 4.74 Å². The van der Waals surface area contributed by atoms with Crippen molar-refractivity contribution in [2.45, 2.75) is 63.7 Å². The Labute approximate surface area is 301 Å². The summed E-state index contributed by atoms with van der Waals surface area (Å²) in [6.45, 7) is 7.07. The number of anilines is 1. The van der Waals surface area contributed by atoms with Crippen molar-refractivity contribution < 1.29 is 38.3 Å². The topological polar surface area (TPSA) is 134 Å². The van der Waals surface area contributed by atoms with Gasteiger partial charge < -0.3 is 39.3 Å². The molecule has 4 aromatic rings. The summed E-state index contributed by atoms with van der Waals surface area (Å²) < 4.78 is 50.2. The highest BCUT2D eigenvalue weighted by Gasteiger charge is 2.52. The molecule has 13 heteroatoms. The van der Waals surface area contributed by atoms with Gasteiger partial charge in [0.2, 0.25) is 5.88 Å². The lowest BCUT2D eigenvalue weighted by atomic mass is 9.68. The van der Waals surface area contributed by atoms with E-state index in [-0.39, 0.29) is 100 Å².